The summed E-state index contributed by atoms with van der Waals surface area (Å²) in [4.78, 5) is 28.5. The molecule has 0 bridgehead atoms. The Hall–Kier alpha value is -3.29. The molecule has 0 saturated heterocycles. The summed E-state index contributed by atoms with van der Waals surface area (Å²) in [6.45, 7) is 2.82. The number of nitrogens with one attached hydrogen (secondary N) is 2. The number of aryl methyl sites for hydroxylation is 1. The van der Waals surface area contributed by atoms with Crippen molar-refractivity contribution in [2.45, 2.75) is 26.3 Å². The number of aromatic nitrogens is 2. The van der Waals surface area contributed by atoms with Gasteiger partial charge in [0.1, 0.15) is 11.6 Å². The topological polar surface area (TPSA) is 76.0 Å². The average Bonchev–Trinajstić information content (AvgIpc) is 3.01. The maximum Gasteiger partial charge on any atom is 0.254 e. The normalized spacial score (nSPS) is 10.8. The number of imidazole rings is 1. The molecule has 1 heterocycles. The number of halogens is 2. The highest BCUT2D eigenvalue weighted by Gasteiger charge is 2.14. The fourth-order valence-corrected chi connectivity index (χ4v) is 2.90. The van der Waals surface area contributed by atoms with Gasteiger partial charge in [-0.25, -0.2) is 13.8 Å². The number of hydrogen-bond acceptors (Lipinski definition) is 3. The summed E-state index contributed by atoms with van der Waals surface area (Å²) in [5.74, 6) is -2.07. The van der Waals surface area contributed by atoms with Crippen molar-refractivity contribution in [1.82, 2.24) is 14.9 Å². The number of para-hydroxylation sites is 2. The number of rotatable bonds is 7. The molecule has 3 rings (SSSR count). The molecule has 0 aliphatic rings. The van der Waals surface area contributed by atoms with Crippen LogP contribution in [0.3, 0.4) is 0 Å². The Morgan fingerprint density at radius 1 is 1.14 bits per heavy atom. The minimum atomic E-state index is -0.922. The fraction of sp³-hybridized carbons (Fsp3) is 0.250. The van der Waals surface area contributed by atoms with Gasteiger partial charge >= 0.3 is 0 Å². The Morgan fingerprint density at radius 3 is 2.68 bits per heavy atom. The van der Waals surface area contributed by atoms with Gasteiger partial charge in [-0.15, -0.1) is 0 Å². The maximum atomic E-state index is 13.6. The van der Waals surface area contributed by atoms with Crippen molar-refractivity contribution >= 4 is 28.8 Å². The molecule has 0 radical (unpaired) electrons. The summed E-state index contributed by atoms with van der Waals surface area (Å²) >= 11 is 0. The van der Waals surface area contributed by atoms with Gasteiger partial charge in [-0.2, -0.15) is 0 Å². The molecule has 6 nitrogen and oxygen atoms in total. The molecule has 0 unspecified atom stereocenters. The van der Waals surface area contributed by atoms with Crippen molar-refractivity contribution in [1.29, 1.82) is 0 Å². The summed E-state index contributed by atoms with van der Waals surface area (Å²) < 4.78 is 28.4. The van der Waals surface area contributed by atoms with Gasteiger partial charge < -0.3 is 9.88 Å². The molecular weight excluding hydrogens is 366 g/mol. The molecule has 2 N–H and O–H groups in total. The van der Waals surface area contributed by atoms with Gasteiger partial charge in [0, 0.05) is 25.6 Å². The van der Waals surface area contributed by atoms with Crippen LogP contribution in [0.2, 0.25) is 0 Å². The molecular formula is C20H20F2N4O2. The van der Waals surface area contributed by atoms with E-state index in [1.807, 2.05) is 35.8 Å². The van der Waals surface area contributed by atoms with Gasteiger partial charge in [0.2, 0.25) is 11.9 Å². The van der Waals surface area contributed by atoms with Crippen LogP contribution in [0.1, 0.15) is 30.1 Å². The number of nitrogens with zero attached hydrogens (tertiary/aromatic N) is 2. The predicted octanol–water partition coefficient (Wildman–Crippen LogP) is 3.48. The fourth-order valence-electron chi connectivity index (χ4n) is 2.90. The van der Waals surface area contributed by atoms with E-state index in [-0.39, 0.29) is 24.4 Å². The third kappa shape index (κ3) is 4.33. The Balaban J connectivity index is 1.50. The van der Waals surface area contributed by atoms with Crippen molar-refractivity contribution in [2.24, 2.45) is 0 Å². The second kappa shape index (κ2) is 8.60. The lowest BCUT2D eigenvalue weighted by atomic mass is 10.2. The molecule has 8 heteroatoms. The summed E-state index contributed by atoms with van der Waals surface area (Å²) in [7, 11) is 0. The summed E-state index contributed by atoms with van der Waals surface area (Å²) in [5, 5.41) is 5.30. The van der Waals surface area contributed by atoms with E-state index in [0.717, 1.165) is 23.2 Å². The molecule has 3 aromatic rings. The molecule has 146 valence electrons. The van der Waals surface area contributed by atoms with Gasteiger partial charge in [-0.1, -0.05) is 12.1 Å². The van der Waals surface area contributed by atoms with E-state index in [0.29, 0.717) is 25.0 Å². The van der Waals surface area contributed by atoms with Crippen LogP contribution >= 0.6 is 0 Å². The standard InChI is InChI=1S/C20H20F2N4O2/c1-2-26-17-7-4-3-6-16(17)24-20(26)25-18(27)8-5-11-23-19(28)14-10-9-13(21)12-15(14)22/h3-4,6-7,9-10,12H,2,5,8,11H2,1H3,(H,23,28)(H,24,25,27). The highest BCUT2D eigenvalue weighted by molar-refractivity contribution is 5.94. The number of benzene rings is 2. The predicted molar refractivity (Wildman–Crippen MR) is 102 cm³/mol. The van der Waals surface area contributed by atoms with Crippen molar-refractivity contribution < 1.29 is 18.4 Å². The van der Waals surface area contributed by atoms with Crippen LogP contribution in [0.25, 0.3) is 11.0 Å². The lowest BCUT2D eigenvalue weighted by molar-refractivity contribution is -0.116. The summed E-state index contributed by atoms with van der Waals surface area (Å²) in [6.07, 6.45) is 0.534. The first-order chi connectivity index (χ1) is 13.5. The van der Waals surface area contributed by atoms with E-state index in [9.17, 15) is 18.4 Å². The third-order valence-corrected chi connectivity index (χ3v) is 4.26. The first-order valence-electron chi connectivity index (χ1n) is 8.98. The smallest absolute Gasteiger partial charge is 0.254 e. The molecule has 1 aromatic heterocycles. The minimum Gasteiger partial charge on any atom is -0.352 e. The van der Waals surface area contributed by atoms with Gasteiger partial charge in [-0.05, 0) is 37.6 Å². The van der Waals surface area contributed by atoms with E-state index in [2.05, 4.69) is 15.6 Å². The quantitative estimate of drug-likeness (QED) is 0.611. The zero-order valence-corrected chi connectivity index (χ0v) is 15.3. The van der Waals surface area contributed by atoms with Crippen LogP contribution in [0.15, 0.2) is 42.5 Å². The van der Waals surface area contributed by atoms with E-state index < -0.39 is 17.5 Å². The van der Waals surface area contributed by atoms with Gasteiger partial charge in [0.15, 0.2) is 0 Å². The Morgan fingerprint density at radius 2 is 1.93 bits per heavy atom. The van der Waals surface area contributed by atoms with E-state index >= 15 is 0 Å². The Labute approximate surface area is 160 Å². The van der Waals surface area contributed by atoms with E-state index in [1.54, 1.807) is 0 Å². The van der Waals surface area contributed by atoms with Crippen molar-refractivity contribution in [3.8, 4) is 0 Å². The second-order valence-electron chi connectivity index (χ2n) is 6.20. The van der Waals surface area contributed by atoms with Crippen LogP contribution in [0.5, 0.6) is 0 Å². The van der Waals surface area contributed by atoms with Gasteiger partial charge in [0.05, 0.1) is 16.6 Å². The number of fused-ring (bicyclic) bond motifs is 1. The molecule has 2 amide bonds. The van der Waals surface area contributed by atoms with Crippen molar-refractivity contribution in [3.05, 3.63) is 59.7 Å². The van der Waals surface area contributed by atoms with E-state index in [1.165, 1.54) is 0 Å². The molecule has 2 aromatic carbocycles. The molecule has 0 fully saturated rings. The maximum absolute atomic E-state index is 13.6. The minimum absolute atomic E-state index is 0.166. The van der Waals surface area contributed by atoms with Crippen LogP contribution in [-0.2, 0) is 11.3 Å². The monoisotopic (exact) mass is 386 g/mol. The third-order valence-electron chi connectivity index (χ3n) is 4.26. The van der Waals surface area contributed by atoms with Crippen LogP contribution in [0, 0.1) is 11.6 Å². The largest absolute Gasteiger partial charge is 0.352 e. The zero-order chi connectivity index (χ0) is 20.1. The number of carbonyl (C=O) groups is 2. The average molecular weight is 386 g/mol. The number of carbonyl (C=O) groups excluding carboxylic acids is 2. The van der Waals surface area contributed by atoms with Crippen LogP contribution in [0.4, 0.5) is 14.7 Å². The second-order valence-corrected chi connectivity index (χ2v) is 6.20. The number of anilines is 1. The molecule has 0 spiro atoms. The highest BCUT2D eigenvalue weighted by Crippen LogP contribution is 2.19. The lowest BCUT2D eigenvalue weighted by Crippen LogP contribution is -2.26. The SMILES string of the molecule is CCn1c(NC(=O)CCCNC(=O)c2ccc(F)cc2F)nc2ccccc21. The molecule has 0 saturated carbocycles. The molecule has 0 aliphatic carbocycles. The van der Waals surface area contributed by atoms with Crippen LogP contribution in [-0.4, -0.2) is 27.9 Å². The van der Waals surface area contributed by atoms with Gasteiger partial charge in [0.25, 0.3) is 5.91 Å². The van der Waals surface area contributed by atoms with Crippen molar-refractivity contribution in [3.63, 3.8) is 0 Å². The first-order valence-corrected chi connectivity index (χ1v) is 8.98. The molecule has 28 heavy (non-hydrogen) atoms. The lowest BCUT2D eigenvalue weighted by Gasteiger charge is -2.08. The van der Waals surface area contributed by atoms with Gasteiger partial charge in [-0.3, -0.25) is 14.9 Å². The first kappa shape index (κ1) is 19.5. The molecule has 0 aliphatic heterocycles. The highest BCUT2D eigenvalue weighted by atomic mass is 19.1. The number of amides is 2. The Kier molecular flexibility index (Phi) is 5.98. The van der Waals surface area contributed by atoms with E-state index in [4.69, 9.17) is 0 Å². The number of hydrogen-bond donors (Lipinski definition) is 2. The summed E-state index contributed by atoms with van der Waals surface area (Å²) in [6, 6.07) is 10.4. The van der Waals surface area contributed by atoms with Crippen LogP contribution < -0.4 is 10.6 Å². The zero-order valence-electron chi connectivity index (χ0n) is 15.3. The van der Waals surface area contributed by atoms with Crippen molar-refractivity contribution in [2.75, 3.05) is 11.9 Å². The summed E-state index contributed by atoms with van der Waals surface area (Å²) in [5.41, 5.74) is 1.50. The Bertz CT molecular complexity index is 1020. The molecule has 0 atom stereocenters.